The first-order chi connectivity index (χ1) is 8.06. The minimum absolute atomic E-state index is 0.0106. The van der Waals surface area contributed by atoms with Crippen molar-refractivity contribution in [2.24, 2.45) is 0 Å². The van der Waals surface area contributed by atoms with Gasteiger partial charge in [0.25, 0.3) is 5.91 Å². The van der Waals surface area contributed by atoms with E-state index in [1.807, 2.05) is 25.1 Å². The van der Waals surface area contributed by atoms with Crippen LogP contribution in [0.1, 0.15) is 35.7 Å². The summed E-state index contributed by atoms with van der Waals surface area (Å²) in [5.41, 5.74) is 1.64. The number of benzene rings is 1. The third-order valence-corrected chi connectivity index (χ3v) is 3.83. The molecule has 0 radical (unpaired) electrons. The maximum Gasteiger partial charge on any atom is 0.251 e. The van der Waals surface area contributed by atoms with Crippen LogP contribution in [0.15, 0.2) is 22.7 Å². The highest BCUT2D eigenvalue weighted by Crippen LogP contribution is 2.19. The molecule has 1 unspecified atom stereocenters. The molecule has 0 aliphatic carbocycles. The SMILES string of the molecule is CCCC(Cl)CNC(=O)c1cccc(Br)c1C. The maximum absolute atomic E-state index is 11.9. The van der Waals surface area contributed by atoms with Crippen LogP contribution < -0.4 is 5.32 Å². The summed E-state index contributed by atoms with van der Waals surface area (Å²) in [4.78, 5) is 11.9. The molecule has 4 heteroatoms. The normalized spacial score (nSPS) is 12.2. The van der Waals surface area contributed by atoms with E-state index >= 15 is 0 Å². The second kappa shape index (κ2) is 7.02. The Kier molecular flexibility index (Phi) is 6.00. The molecule has 0 bridgehead atoms. The average Bonchev–Trinajstić information content (AvgIpc) is 2.30. The highest BCUT2D eigenvalue weighted by atomic mass is 79.9. The van der Waals surface area contributed by atoms with Crippen LogP contribution in [-0.2, 0) is 0 Å². The summed E-state index contributed by atoms with van der Waals surface area (Å²) in [5.74, 6) is -0.0643. The summed E-state index contributed by atoms with van der Waals surface area (Å²) >= 11 is 9.47. The third-order valence-electron chi connectivity index (χ3n) is 2.60. The Morgan fingerprint density at radius 3 is 2.88 bits per heavy atom. The molecule has 0 aromatic heterocycles. The van der Waals surface area contributed by atoms with Gasteiger partial charge in [-0.3, -0.25) is 4.79 Å². The Labute approximate surface area is 116 Å². The van der Waals surface area contributed by atoms with Crippen LogP contribution in [0, 0.1) is 6.92 Å². The molecule has 0 fully saturated rings. The van der Waals surface area contributed by atoms with E-state index in [1.165, 1.54) is 0 Å². The predicted octanol–water partition coefficient (Wildman–Crippen LogP) is 3.89. The molecule has 1 aromatic carbocycles. The van der Waals surface area contributed by atoms with Gasteiger partial charge in [-0.1, -0.05) is 35.3 Å². The van der Waals surface area contributed by atoms with Gasteiger partial charge in [-0.15, -0.1) is 11.6 Å². The van der Waals surface area contributed by atoms with Gasteiger partial charge in [0.1, 0.15) is 0 Å². The molecule has 0 aliphatic heterocycles. The van der Waals surface area contributed by atoms with Crippen molar-refractivity contribution in [3.05, 3.63) is 33.8 Å². The lowest BCUT2D eigenvalue weighted by atomic mass is 10.1. The Bertz CT molecular complexity index is 395. The standard InChI is InChI=1S/C13H17BrClNO/c1-3-5-10(15)8-16-13(17)11-6-4-7-12(14)9(11)2/h4,6-7,10H,3,5,8H2,1-2H3,(H,16,17). The molecule has 0 saturated carbocycles. The number of carbonyl (C=O) groups excluding carboxylic acids is 1. The van der Waals surface area contributed by atoms with Crippen LogP contribution in [0.25, 0.3) is 0 Å². The number of alkyl halides is 1. The van der Waals surface area contributed by atoms with Crippen molar-refractivity contribution in [3.8, 4) is 0 Å². The van der Waals surface area contributed by atoms with Crippen molar-refractivity contribution in [1.29, 1.82) is 0 Å². The van der Waals surface area contributed by atoms with E-state index in [4.69, 9.17) is 11.6 Å². The molecular formula is C13H17BrClNO. The fourth-order valence-electron chi connectivity index (χ4n) is 1.57. The van der Waals surface area contributed by atoms with Gasteiger partial charge >= 0.3 is 0 Å². The van der Waals surface area contributed by atoms with Gasteiger partial charge in [0.2, 0.25) is 0 Å². The number of carbonyl (C=O) groups is 1. The smallest absolute Gasteiger partial charge is 0.251 e. The van der Waals surface area contributed by atoms with E-state index in [0.29, 0.717) is 12.1 Å². The van der Waals surface area contributed by atoms with Gasteiger partial charge in [-0.2, -0.15) is 0 Å². The van der Waals surface area contributed by atoms with E-state index in [0.717, 1.165) is 22.9 Å². The highest BCUT2D eigenvalue weighted by molar-refractivity contribution is 9.10. The number of amides is 1. The molecule has 0 saturated heterocycles. The van der Waals surface area contributed by atoms with Gasteiger partial charge in [0, 0.05) is 16.6 Å². The van der Waals surface area contributed by atoms with Crippen molar-refractivity contribution in [1.82, 2.24) is 5.32 Å². The molecule has 0 aliphatic rings. The molecule has 1 N–H and O–H groups in total. The van der Waals surface area contributed by atoms with Crippen LogP contribution in [-0.4, -0.2) is 17.8 Å². The Morgan fingerprint density at radius 2 is 2.24 bits per heavy atom. The van der Waals surface area contributed by atoms with E-state index < -0.39 is 0 Å². The van der Waals surface area contributed by atoms with Gasteiger partial charge < -0.3 is 5.32 Å². The predicted molar refractivity (Wildman–Crippen MR) is 75.8 cm³/mol. The minimum atomic E-state index is -0.0643. The highest BCUT2D eigenvalue weighted by Gasteiger charge is 2.11. The molecule has 1 rings (SSSR count). The Balaban J connectivity index is 2.61. The van der Waals surface area contributed by atoms with Crippen molar-refractivity contribution < 1.29 is 4.79 Å². The summed E-state index contributed by atoms with van der Waals surface area (Å²) in [5, 5.41) is 2.87. The second-order valence-electron chi connectivity index (χ2n) is 4.01. The van der Waals surface area contributed by atoms with E-state index in [-0.39, 0.29) is 11.3 Å². The van der Waals surface area contributed by atoms with Gasteiger partial charge in [-0.25, -0.2) is 0 Å². The average molecular weight is 319 g/mol. The number of rotatable bonds is 5. The number of hydrogen-bond donors (Lipinski definition) is 1. The zero-order valence-electron chi connectivity index (χ0n) is 10.1. The van der Waals surface area contributed by atoms with Crippen LogP contribution >= 0.6 is 27.5 Å². The van der Waals surface area contributed by atoms with Crippen molar-refractivity contribution >= 4 is 33.4 Å². The molecule has 2 nitrogen and oxygen atoms in total. The fraction of sp³-hybridized carbons (Fsp3) is 0.462. The monoisotopic (exact) mass is 317 g/mol. The first-order valence-electron chi connectivity index (χ1n) is 5.73. The topological polar surface area (TPSA) is 29.1 Å². The fourth-order valence-corrected chi connectivity index (χ4v) is 2.23. The molecule has 17 heavy (non-hydrogen) atoms. The molecular weight excluding hydrogens is 302 g/mol. The quantitative estimate of drug-likeness (QED) is 0.820. The summed E-state index contributed by atoms with van der Waals surface area (Å²) < 4.78 is 0.945. The van der Waals surface area contributed by atoms with Crippen molar-refractivity contribution in [3.63, 3.8) is 0 Å². The van der Waals surface area contributed by atoms with Crippen LogP contribution in [0.4, 0.5) is 0 Å². The summed E-state index contributed by atoms with van der Waals surface area (Å²) in [6.45, 7) is 4.51. The molecule has 1 aromatic rings. The van der Waals surface area contributed by atoms with E-state index in [9.17, 15) is 4.79 Å². The van der Waals surface area contributed by atoms with Crippen molar-refractivity contribution in [2.75, 3.05) is 6.54 Å². The summed E-state index contributed by atoms with van der Waals surface area (Å²) in [6, 6.07) is 5.60. The second-order valence-corrected chi connectivity index (χ2v) is 5.48. The van der Waals surface area contributed by atoms with E-state index in [1.54, 1.807) is 0 Å². The third kappa shape index (κ3) is 4.32. The van der Waals surface area contributed by atoms with Gasteiger partial charge in [0.05, 0.1) is 5.38 Å². The lowest BCUT2D eigenvalue weighted by Crippen LogP contribution is -2.30. The number of nitrogens with one attached hydrogen (secondary N) is 1. The van der Waals surface area contributed by atoms with Gasteiger partial charge in [-0.05, 0) is 31.0 Å². The van der Waals surface area contributed by atoms with E-state index in [2.05, 4.69) is 28.2 Å². The number of hydrogen-bond acceptors (Lipinski definition) is 1. The van der Waals surface area contributed by atoms with Crippen LogP contribution in [0.3, 0.4) is 0 Å². The lowest BCUT2D eigenvalue weighted by molar-refractivity contribution is 0.0952. The van der Waals surface area contributed by atoms with Gasteiger partial charge in [0.15, 0.2) is 0 Å². The van der Waals surface area contributed by atoms with Crippen molar-refractivity contribution in [2.45, 2.75) is 32.1 Å². The first kappa shape index (κ1) is 14.5. The zero-order valence-corrected chi connectivity index (χ0v) is 12.4. The van der Waals surface area contributed by atoms with Crippen LogP contribution in [0.2, 0.25) is 0 Å². The van der Waals surface area contributed by atoms with Crippen LogP contribution in [0.5, 0.6) is 0 Å². The first-order valence-corrected chi connectivity index (χ1v) is 6.96. The molecule has 0 heterocycles. The summed E-state index contributed by atoms with van der Waals surface area (Å²) in [7, 11) is 0. The molecule has 1 atom stereocenters. The largest absolute Gasteiger partial charge is 0.351 e. The maximum atomic E-state index is 11.9. The minimum Gasteiger partial charge on any atom is -0.351 e. The summed E-state index contributed by atoms with van der Waals surface area (Å²) in [6.07, 6.45) is 1.94. The Morgan fingerprint density at radius 1 is 1.53 bits per heavy atom. The lowest BCUT2D eigenvalue weighted by Gasteiger charge is -2.11. The zero-order chi connectivity index (χ0) is 12.8. The Hall–Kier alpha value is -0.540. The molecule has 94 valence electrons. The molecule has 0 spiro atoms. The number of halogens is 2. The molecule has 1 amide bonds.